The zero-order valence-corrected chi connectivity index (χ0v) is 13.8. The van der Waals surface area contributed by atoms with E-state index in [9.17, 15) is 4.79 Å². The number of imidazole rings is 1. The molecule has 5 rings (SSSR count). The highest BCUT2D eigenvalue weighted by molar-refractivity contribution is 5.80. The number of pyridine rings is 1. The Labute approximate surface area is 144 Å². The van der Waals surface area contributed by atoms with Gasteiger partial charge in [-0.15, -0.1) is 0 Å². The zero-order chi connectivity index (χ0) is 16.8. The first kappa shape index (κ1) is 14.6. The molecule has 2 fully saturated rings. The highest BCUT2D eigenvalue weighted by atomic mass is 16.5. The lowest BCUT2D eigenvalue weighted by Gasteiger charge is -2.23. The van der Waals surface area contributed by atoms with Crippen molar-refractivity contribution in [3.05, 3.63) is 36.5 Å². The van der Waals surface area contributed by atoms with Crippen molar-refractivity contribution in [1.82, 2.24) is 24.4 Å². The first-order valence-corrected chi connectivity index (χ1v) is 8.85. The molecular formula is C18H19N5O2. The second-order valence-electron chi connectivity index (χ2n) is 6.93. The molecule has 3 aromatic rings. The van der Waals surface area contributed by atoms with Gasteiger partial charge in [0.1, 0.15) is 11.3 Å². The van der Waals surface area contributed by atoms with Crippen LogP contribution in [-0.4, -0.2) is 42.9 Å². The largest absolute Gasteiger partial charge is 0.339 e. The molecule has 0 bridgehead atoms. The number of likely N-dealkylation sites (tertiary alicyclic amines) is 1. The number of carbonyl (C=O) groups is 1. The first-order valence-electron chi connectivity index (χ1n) is 8.85. The van der Waals surface area contributed by atoms with E-state index in [1.807, 2.05) is 39.9 Å². The average Bonchev–Trinajstić information content (AvgIpc) is 3.39. The van der Waals surface area contributed by atoms with Crippen molar-refractivity contribution in [2.45, 2.75) is 44.1 Å². The van der Waals surface area contributed by atoms with Gasteiger partial charge in [0, 0.05) is 31.4 Å². The predicted octanol–water partition coefficient (Wildman–Crippen LogP) is 2.64. The summed E-state index contributed by atoms with van der Waals surface area (Å²) >= 11 is 0. The summed E-state index contributed by atoms with van der Waals surface area (Å²) in [6.45, 7) is 0.691. The molecule has 7 heteroatoms. The summed E-state index contributed by atoms with van der Waals surface area (Å²) in [5.74, 6) is 1.22. The Morgan fingerprint density at radius 2 is 2.04 bits per heavy atom. The zero-order valence-electron chi connectivity index (χ0n) is 13.8. The molecule has 0 N–H and O–H groups in total. The van der Waals surface area contributed by atoms with Crippen LogP contribution in [0.4, 0.5) is 0 Å². The molecule has 0 aromatic carbocycles. The van der Waals surface area contributed by atoms with Crippen molar-refractivity contribution in [3.8, 4) is 11.5 Å². The summed E-state index contributed by atoms with van der Waals surface area (Å²) in [6, 6.07) is 6.22. The van der Waals surface area contributed by atoms with E-state index in [1.54, 1.807) is 0 Å². The molecule has 128 valence electrons. The van der Waals surface area contributed by atoms with Gasteiger partial charge in [-0.25, -0.2) is 4.98 Å². The summed E-state index contributed by atoms with van der Waals surface area (Å²) in [6.07, 6.45) is 8.96. The van der Waals surface area contributed by atoms with Gasteiger partial charge in [0.25, 0.3) is 0 Å². The Kier molecular flexibility index (Phi) is 3.33. The first-order chi connectivity index (χ1) is 12.3. The van der Waals surface area contributed by atoms with Crippen molar-refractivity contribution in [2.75, 3.05) is 6.54 Å². The molecule has 0 radical (unpaired) electrons. The quantitative estimate of drug-likeness (QED) is 0.734. The fourth-order valence-corrected chi connectivity index (χ4v) is 4.01. The van der Waals surface area contributed by atoms with Crippen LogP contribution < -0.4 is 0 Å². The maximum Gasteiger partial charge on any atom is 0.232 e. The molecule has 4 heterocycles. The highest BCUT2D eigenvalue weighted by Gasteiger charge is 2.38. The fourth-order valence-electron chi connectivity index (χ4n) is 4.01. The third kappa shape index (κ3) is 2.50. The number of rotatable bonds is 3. The number of nitrogens with zero attached hydrogens (tertiary/aromatic N) is 5. The van der Waals surface area contributed by atoms with Crippen LogP contribution in [0.3, 0.4) is 0 Å². The average molecular weight is 337 g/mol. The lowest BCUT2D eigenvalue weighted by atomic mass is 10.1. The maximum absolute atomic E-state index is 12.4. The lowest BCUT2D eigenvalue weighted by molar-refractivity contribution is -0.129. The summed E-state index contributed by atoms with van der Waals surface area (Å²) < 4.78 is 7.39. The van der Waals surface area contributed by atoms with E-state index in [4.69, 9.17) is 4.52 Å². The smallest absolute Gasteiger partial charge is 0.232 e. The molecule has 25 heavy (non-hydrogen) atoms. The molecule has 1 atom stereocenters. The molecule has 1 saturated carbocycles. The minimum atomic E-state index is -0.00798. The minimum absolute atomic E-state index is 0.00798. The number of amides is 1. The molecule has 1 aliphatic heterocycles. The molecule has 7 nitrogen and oxygen atoms in total. The summed E-state index contributed by atoms with van der Waals surface area (Å²) in [5, 5.41) is 4.08. The summed E-state index contributed by atoms with van der Waals surface area (Å²) in [4.78, 5) is 23.4. The number of aromatic nitrogens is 4. The summed E-state index contributed by atoms with van der Waals surface area (Å²) in [7, 11) is 0. The van der Waals surface area contributed by atoms with E-state index >= 15 is 0 Å². The van der Waals surface area contributed by atoms with Gasteiger partial charge in [0.2, 0.25) is 17.6 Å². The number of carbonyl (C=O) groups excluding carboxylic acids is 1. The summed E-state index contributed by atoms with van der Waals surface area (Å²) in [5.41, 5.74) is 1.52. The van der Waals surface area contributed by atoms with Crippen LogP contribution in [0, 0.1) is 0 Å². The van der Waals surface area contributed by atoms with E-state index in [0.717, 1.165) is 18.5 Å². The number of hydrogen-bond donors (Lipinski definition) is 0. The van der Waals surface area contributed by atoms with Crippen molar-refractivity contribution < 1.29 is 9.32 Å². The van der Waals surface area contributed by atoms with Crippen molar-refractivity contribution >= 4 is 11.6 Å². The van der Waals surface area contributed by atoms with Crippen molar-refractivity contribution in [2.24, 2.45) is 0 Å². The van der Waals surface area contributed by atoms with Crippen molar-refractivity contribution in [3.63, 3.8) is 0 Å². The molecule has 3 aromatic heterocycles. The van der Waals surface area contributed by atoms with E-state index in [-0.39, 0.29) is 11.8 Å². The molecule has 0 spiro atoms. The van der Waals surface area contributed by atoms with Crippen LogP contribution in [0.2, 0.25) is 0 Å². The number of fused-ring (bicyclic) bond motifs is 1. The van der Waals surface area contributed by atoms with Gasteiger partial charge in [0.05, 0.1) is 5.92 Å². The van der Waals surface area contributed by atoms with Crippen LogP contribution in [-0.2, 0) is 4.79 Å². The third-order valence-corrected chi connectivity index (χ3v) is 5.31. The third-order valence-electron chi connectivity index (χ3n) is 5.31. The van der Waals surface area contributed by atoms with Crippen LogP contribution in [0.1, 0.15) is 43.9 Å². The topological polar surface area (TPSA) is 76.5 Å². The van der Waals surface area contributed by atoms with Crippen molar-refractivity contribution in [1.29, 1.82) is 0 Å². The van der Waals surface area contributed by atoms with Gasteiger partial charge in [-0.05, 0) is 25.0 Å². The Hall–Kier alpha value is -2.70. The predicted molar refractivity (Wildman–Crippen MR) is 89.8 cm³/mol. The van der Waals surface area contributed by atoms with Gasteiger partial charge in [-0.3, -0.25) is 4.79 Å². The Balaban J connectivity index is 1.38. The van der Waals surface area contributed by atoms with Gasteiger partial charge < -0.3 is 13.8 Å². The van der Waals surface area contributed by atoms with E-state index in [0.29, 0.717) is 36.4 Å². The van der Waals surface area contributed by atoms with Crippen LogP contribution in [0.5, 0.6) is 0 Å². The Morgan fingerprint density at radius 3 is 2.88 bits per heavy atom. The normalized spacial score (nSPS) is 21.7. The molecule has 0 unspecified atom stereocenters. The van der Waals surface area contributed by atoms with E-state index in [1.165, 1.54) is 12.8 Å². The molecule has 2 aliphatic rings. The minimum Gasteiger partial charge on any atom is -0.339 e. The van der Waals surface area contributed by atoms with Crippen LogP contribution in [0.25, 0.3) is 17.2 Å². The van der Waals surface area contributed by atoms with Crippen LogP contribution in [0.15, 0.2) is 35.1 Å². The molecule has 1 aliphatic carbocycles. The Bertz CT molecular complexity index is 891. The number of hydrogen-bond acceptors (Lipinski definition) is 5. The molecule has 1 amide bonds. The lowest BCUT2D eigenvalue weighted by Crippen LogP contribution is -2.34. The fraction of sp³-hybridized carbons (Fsp3) is 0.444. The maximum atomic E-state index is 12.4. The molecule has 1 saturated heterocycles. The molecular weight excluding hydrogens is 318 g/mol. The second kappa shape index (κ2) is 5.68. The highest BCUT2D eigenvalue weighted by Crippen LogP contribution is 2.34. The van der Waals surface area contributed by atoms with Gasteiger partial charge >= 0.3 is 0 Å². The standard InChI is InChI=1S/C18H19N5O2/c24-16-9-12(10-23(16)13-5-1-2-6-13)18-20-17(21-25-18)14-11-22-8-4-3-7-15(22)19-14/h3-4,7-8,11-13H,1-2,5-6,9-10H2/t12-/m1/s1. The van der Waals surface area contributed by atoms with E-state index < -0.39 is 0 Å². The van der Waals surface area contributed by atoms with Gasteiger partial charge in [0.15, 0.2) is 0 Å². The van der Waals surface area contributed by atoms with E-state index in [2.05, 4.69) is 15.1 Å². The van der Waals surface area contributed by atoms with Gasteiger partial charge in [-0.1, -0.05) is 24.1 Å². The van der Waals surface area contributed by atoms with Crippen LogP contribution >= 0.6 is 0 Å². The second-order valence-corrected chi connectivity index (χ2v) is 6.93. The van der Waals surface area contributed by atoms with Gasteiger partial charge in [-0.2, -0.15) is 4.98 Å². The monoisotopic (exact) mass is 337 g/mol. The SMILES string of the molecule is O=C1C[C@@H](c2nc(-c3cn4ccccc4n3)no2)CN1C1CCCC1. The Morgan fingerprint density at radius 1 is 1.16 bits per heavy atom.